The number of benzene rings is 2. The molecule has 0 spiro atoms. The molecule has 0 radical (unpaired) electrons. The first-order valence-electron chi connectivity index (χ1n) is 10.3. The van der Waals surface area contributed by atoms with Crippen molar-refractivity contribution in [3.05, 3.63) is 53.8 Å². The van der Waals surface area contributed by atoms with E-state index in [1.807, 2.05) is 0 Å². The fourth-order valence-corrected chi connectivity index (χ4v) is 5.57. The second-order valence-electron chi connectivity index (χ2n) is 7.84. The number of nitrogens with zero attached hydrogens (tertiary/aromatic N) is 2. The Morgan fingerprint density at radius 2 is 1.88 bits per heavy atom. The fraction of sp³-hybridized carbons (Fsp3) is 0.364. The van der Waals surface area contributed by atoms with Crippen LogP contribution in [0.25, 0.3) is 0 Å². The highest BCUT2D eigenvalue weighted by Crippen LogP contribution is 2.29. The Bertz CT molecular complexity index is 1150. The van der Waals surface area contributed by atoms with Gasteiger partial charge in [-0.3, -0.25) is 9.59 Å². The standard InChI is InChI=1S/C22H24FN3O5S/c1-15-6-7-17(13-20(15)32(29,30)25-8-10-31-11-9-25)24-22(28)16-12-21(27)26(14-16)19-5-3-2-4-18(19)23/h2-7,13,16H,8-12,14H2,1H3,(H,24,28). The van der Waals surface area contributed by atoms with E-state index in [0.29, 0.717) is 24.5 Å². The van der Waals surface area contributed by atoms with Gasteiger partial charge >= 0.3 is 0 Å². The number of hydrogen-bond acceptors (Lipinski definition) is 5. The average Bonchev–Trinajstić information content (AvgIpc) is 3.17. The Labute approximate surface area is 186 Å². The van der Waals surface area contributed by atoms with Gasteiger partial charge in [-0.25, -0.2) is 12.8 Å². The zero-order valence-corrected chi connectivity index (χ0v) is 18.4. The van der Waals surface area contributed by atoms with Crippen molar-refractivity contribution in [1.29, 1.82) is 0 Å². The molecule has 10 heteroatoms. The molecule has 2 aromatic carbocycles. The van der Waals surface area contributed by atoms with Crippen molar-refractivity contribution < 1.29 is 27.1 Å². The lowest BCUT2D eigenvalue weighted by Crippen LogP contribution is -2.40. The molecule has 2 saturated heterocycles. The molecule has 2 heterocycles. The molecule has 0 aromatic heterocycles. The van der Waals surface area contributed by atoms with E-state index in [9.17, 15) is 22.4 Å². The summed E-state index contributed by atoms with van der Waals surface area (Å²) in [5.41, 5.74) is 1.03. The van der Waals surface area contributed by atoms with Crippen LogP contribution in [-0.2, 0) is 24.3 Å². The van der Waals surface area contributed by atoms with Gasteiger partial charge in [-0.15, -0.1) is 0 Å². The van der Waals surface area contributed by atoms with E-state index in [1.165, 1.54) is 33.5 Å². The van der Waals surface area contributed by atoms with Gasteiger partial charge in [0.2, 0.25) is 21.8 Å². The number of carbonyl (C=O) groups excluding carboxylic acids is 2. The van der Waals surface area contributed by atoms with Crippen molar-refractivity contribution in [1.82, 2.24) is 4.31 Å². The summed E-state index contributed by atoms with van der Waals surface area (Å²) in [4.78, 5) is 26.6. The van der Waals surface area contributed by atoms with Crippen molar-refractivity contribution in [3.63, 3.8) is 0 Å². The molecule has 2 aliphatic rings. The summed E-state index contributed by atoms with van der Waals surface area (Å²) in [6, 6.07) is 10.6. The molecule has 1 N–H and O–H groups in total. The monoisotopic (exact) mass is 461 g/mol. The third kappa shape index (κ3) is 4.38. The number of anilines is 2. The van der Waals surface area contributed by atoms with E-state index in [0.717, 1.165) is 0 Å². The minimum absolute atomic E-state index is 0.0506. The van der Waals surface area contributed by atoms with Crippen LogP contribution in [0.5, 0.6) is 0 Å². The smallest absolute Gasteiger partial charge is 0.243 e. The number of nitrogens with one attached hydrogen (secondary N) is 1. The zero-order chi connectivity index (χ0) is 22.9. The van der Waals surface area contributed by atoms with Gasteiger partial charge in [0, 0.05) is 31.7 Å². The van der Waals surface area contributed by atoms with Crippen LogP contribution in [0.2, 0.25) is 0 Å². The van der Waals surface area contributed by atoms with Gasteiger partial charge < -0.3 is 15.0 Å². The first-order valence-corrected chi connectivity index (χ1v) is 11.8. The predicted octanol–water partition coefficient (Wildman–Crippen LogP) is 2.15. The maximum atomic E-state index is 14.1. The maximum absolute atomic E-state index is 14.1. The third-order valence-corrected chi connectivity index (χ3v) is 7.72. The molecular weight excluding hydrogens is 437 g/mol. The second kappa shape index (κ2) is 8.97. The Balaban J connectivity index is 1.50. The highest BCUT2D eigenvalue weighted by molar-refractivity contribution is 7.89. The number of hydrogen-bond donors (Lipinski definition) is 1. The SMILES string of the molecule is Cc1ccc(NC(=O)C2CC(=O)N(c3ccccc3F)C2)cc1S(=O)(=O)N1CCOCC1. The maximum Gasteiger partial charge on any atom is 0.243 e. The Morgan fingerprint density at radius 3 is 2.59 bits per heavy atom. The molecule has 2 aliphatic heterocycles. The summed E-state index contributed by atoms with van der Waals surface area (Å²) in [6.45, 7) is 2.96. The van der Waals surface area contributed by atoms with Gasteiger partial charge in [-0.1, -0.05) is 18.2 Å². The summed E-state index contributed by atoms with van der Waals surface area (Å²) >= 11 is 0. The van der Waals surface area contributed by atoms with E-state index in [-0.39, 0.29) is 42.5 Å². The van der Waals surface area contributed by atoms with E-state index in [4.69, 9.17) is 4.74 Å². The first-order chi connectivity index (χ1) is 15.3. The van der Waals surface area contributed by atoms with E-state index < -0.39 is 27.7 Å². The largest absolute Gasteiger partial charge is 0.379 e. The molecule has 4 rings (SSSR count). The average molecular weight is 462 g/mol. The van der Waals surface area contributed by atoms with Gasteiger partial charge in [-0.05, 0) is 36.8 Å². The number of amides is 2. The molecule has 2 fully saturated rings. The fourth-order valence-electron chi connectivity index (χ4n) is 3.91. The lowest BCUT2D eigenvalue weighted by Gasteiger charge is -2.27. The Kier molecular flexibility index (Phi) is 6.27. The number of carbonyl (C=O) groups is 2. The van der Waals surface area contributed by atoms with Crippen molar-refractivity contribution in [2.45, 2.75) is 18.2 Å². The van der Waals surface area contributed by atoms with Gasteiger partial charge in [0.05, 0.1) is 29.7 Å². The van der Waals surface area contributed by atoms with Crippen LogP contribution in [0.1, 0.15) is 12.0 Å². The second-order valence-corrected chi connectivity index (χ2v) is 9.75. The number of halogens is 1. The number of rotatable bonds is 5. The van der Waals surface area contributed by atoms with E-state index >= 15 is 0 Å². The molecule has 0 bridgehead atoms. The molecule has 1 unspecified atom stereocenters. The van der Waals surface area contributed by atoms with Crippen LogP contribution in [0.15, 0.2) is 47.4 Å². The van der Waals surface area contributed by atoms with Gasteiger partial charge in [0.15, 0.2) is 0 Å². The number of aryl methyl sites for hydroxylation is 1. The van der Waals surface area contributed by atoms with Crippen molar-refractivity contribution in [2.75, 3.05) is 43.1 Å². The molecule has 1 atom stereocenters. The van der Waals surface area contributed by atoms with E-state index in [1.54, 1.807) is 25.1 Å². The van der Waals surface area contributed by atoms with Crippen molar-refractivity contribution >= 4 is 33.2 Å². The summed E-state index contributed by atoms with van der Waals surface area (Å²) in [5, 5.41) is 2.71. The van der Waals surface area contributed by atoms with Crippen molar-refractivity contribution in [2.24, 2.45) is 5.92 Å². The summed E-state index contributed by atoms with van der Waals surface area (Å²) < 4.78 is 46.8. The van der Waals surface area contributed by atoms with Crippen LogP contribution in [0, 0.1) is 18.7 Å². The highest BCUT2D eigenvalue weighted by atomic mass is 32.2. The summed E-state index contributed by atoms with van der Waals surface area (Å²) in [6.07, 6.45) is -0.0506. The topological polar surface area (TPSA) is 96.0 Å². The molecule has 0 aliphatic carbocycles. The van der Waals surface area contributed by atoms with Gasteiger partial charge in [0.1, 0.15) is 5.82 Å². The number of sulfonamides is 1. The molecule has 170 valence electrons. The molecule has 2 aromatic rings. The summed E-state index contributed by atoms with van der Waals surface area (Å²) in [5.74, 6) is -1.97. The van der Waals surface area contributed by atoms with Gasteiger partial charge in [0.25, 0.3) is 0 Å². The number of para-hydroxylation sites is 1. The molecular formula is C22H24FN3O5S. The van der Waals surface area contributed by atoms with Crippen LogP contribution in [0.3, 0.4) is 0 Å². The van der Waals surface area contributed by atoms with Crippen LogP contribution >= 0.6 is 0 Å². The Morgan fingerprint density at radius 1 is 1.16 bits per heavy atom. The lowest BCUT2D eigenvalue weighted by molar-refractivity contribution is -0.122. The third-order valence-electron chi connectivity index (χ3n) is 5.68. The zero-order valence-electron chi connectivity index (χ0n) is 17.6. The molecule has 8 nitrogen and oxygen atoms in total. The van der Waals surface area contributed by atoms with Crippen LogP contribution in [0.4, 0.5) is 15.8 Å². The molecule has 0 saturated carbocycles. The lowest BCUT2D eigenvalue weighted by atomic mass is 10.1. The molecule has 2 amide bonds. The van der Waals surface area contributed by atoms with Crippen LogP contribution < -0.4 is 10.2 Å². The first kappa shape index (κ1) is 22.4. The number of morpholine rings is 1. The predicted molar refractivity (Wildman–Crippen MR) is 116 cm³/mol. The summed E-state index contributed by atoms with van der Waals surface area (Å²) in [7, 11) is -3.73. The highest BCUT2D eigenvalue weighted by Gasteiger charge is 2.36. The molecule has 32 heavy (non-hydrogen) atoms. The minimum atomic E-state index is -3.73. The quantitative estimate of drug-likeness (QED) is 0.736. The van der Waals surface area contributed by atoms with Crippen LogP contribution in [-0.4, -0.2) is 57.4 Å². The Hall–Kier alpha value is -2.82. The number of ether oxygens (including phenoxy) is 1. The van der Waals surface area contributed by atoms with Crippen molar-refractivity contribution in [3.8, 4) is 0 Å². The van der Waals surface area contributed by atoms with Gasteiger partial charge in [-0.2, -0.15) is 4.31 Å². The normalized spacial score (nSPS) is 19.9. The minimum Gasteiger partial charge on any atom is -0.379 e. The van der Waals surface area contributed by atoms with E-state index in [2.05, 4.69) is 5.32 Å².